The molecule has 0 amide bonds. The summed E-state index contributed by atoms with van der Waals surface area (Å²) < 4.78 is 38.9. The third-order valence-electron chi connectivity index (χ3n) is 3.06. The Morgan fingerprint density at radius 1 is 1.10 bits per heavy atom. The fourth-order valence-electron chi connectivity index (χ4n) is 1.93. The van der Waals surface area contributed by atoms with Gasteiger partial charge in [0, 0.05) is 13.1 Å². The first-order valence-electron chi connectivity index (χ1n) is 6.89. The molecule has 0 aliphatic heterocycles. The topological polar surface area (TPSA) is 57.6 Å². The number of sulfonamides is 1. The highest BCUT2D eigenvalue weighted by Crippen LogP contribution is 2.17. The normalized spacial score (nSPS) is 12.0. The van der Waals surface area contributed by atoms with Gasteiger partial charge in [0.05, 0.1) is 11.5 Å². The molecule has 1 aromatic rings. The number of hydrogen-bond donors (Lipinski definition) is 1. The number of aliphatic hydroxyl groups excluding tert-OH is 1. The lowest BCUT2D eigenvalue weighted by Crippen LogP contribution is -2.34. The van der Waals surface area contributed by atoms with E-state index in [1.165, 1.54) is 16.4 Å². The predicted octanol–water partition coefficient (Wildman–Crippen LogP) is 2.39. The maximum absolute atomic E-state index is 12.9. The molecule has 0 fully saturated rings. The summed E-state index contributed by atoms with van der Waals surface area (Å²) in [5, 5.41) is 9.03. The molecule has 114 valence electrons. The van der Waals surface area contributed by atoms with E-state index in [1.54, 1.807) is 0 Å². The highest BCUT2D eigenvalue weighted by molar-refractivity contribution is 7.89. The Labute approximate surface area is 120 Å². The molecule has 0 saturated heterocycles. The van der Waals surface area contributed by atoms with Gasteiger partial charge in [-0.15, -0.1) is 0 Å². The highest BCUT2D eigenvalue weighted by atomic mass is 32.2. The summed E-state index contributed by atoms with van der Waals surface area (Å²) in [4.78, 5) is 0.0582. The Bertz CT molecular complexity index is 488. The quantitative estimate of drug-likeness (QED) is 0.713. The van der Waals surface area contributed by atoms with Gasteiger partial charge in [0.2, 0.25) is 10.0 Å². The average Bonchev–Trinajstić information content (AvgIpc) is 2.42. The summed E-state index contributed by atoms with van der Waals surface area (Å²) in [6.07, 6.45) is 3.85. The van der Waals surface area contributed by atoms with Crippen LogP contribution in [0.2, 0.25) is 0 Å². The number of unbranched alkanes of at least 4 members (excludes halogenated alkanes) is 3. The Morgan fingerprint density at radius 2 is 1.75 bits per heavy atom. The van der Waals surface area contributed by atoms with Gasteiger partial charge < -0.3 is 5.11 Å². The van der Waals surface area contributed by atoms with Crippen LogP contribution in [0.25, 0.3) is 0 Å². The number of hydrogen-bond acceptors (Lipinski definition) is 3. The fraction of sp³-hybridized carbons (Fsp3) is 0.571. The van der Waals surface area contributed by atoms with Gasteiger partial charge in [-0.2, -0.15) is 4.31 Å². The first-order chi connectivity index (χ1) is 9.52. The van der Waals surface area contributed by atoms with Crippen molar-refractivity contribution in [3.63, 3.8) is 0 Å². The minimum atomic E-state index is -3.66. The maximum atomic E-state index is 12.9. The van der Waals surface area contributed by atoms with Crippen molar-refractivity contribution >= 4 is 10.0 Å². The van der Waals surface area contributed by atoms with Crippen LogP contribution in [0, 0.1) is 5.82 Å². The van der Waals surface area contributed by atoms with Crippen molar-refractivity contribution < 1.29 is 17.9 Å². The molecule has 4 nitrogen and oxygen atoms in total. The van der Waals surface area contributed by atoms with E-state index >= 15 is 0 Å². The monoisotopic (exact) mass is 303 g/mol. The number of rotatable bonds is 9. The molecule has 0 spiro atoms. The summed E-state index contributed by atoms with van der Waals surface area (Å²) in [6.45, 7) is 2.29. The third-order valence-corrected chi connectivity index (χ3v) is 4.97. The summed E-state index contributed by atoms with van der Waals surface area (Å²) in [6, 6.07) is 4.75. The van der Waals surface area contributed by atoms with E-state index in [0.29, 0.717) is 6.54 Å². The number of aliphatic hydroxyl groups is 1. The van der Waals surface area contributed by atoms with Crippen LogP contribution in [0.1, 0.15) is 32.6 Å². The number of halogens is 1. The van der Waals surface area contributed by atoms with E-state index < -0.39 is 15.8 Å². The van der Waals surface area contributed by atoms with Crippen molar-refractivity contribution in [2.45, 2.75) is 37.5 Å². The number of benzene rings is 1. The average molecular weight is 303 g/mol. The fourth-order valence-corrected chi connectivity index (χ4v) is 3.40. The van der Waals surface area contributed by atoms with Crippen molar-refractivity contribution in [3.8, 4) is 0 Å². The minimum absolute atomic E-state index is 0.0582. The van der Waals surface area contributed by atoms with Crippen molar-refractivity contribution in [3.05, 3.63) is 30.1 Å². The molecule has 0 aliphatic carbocycles. The molecular weight excluding hydrogens is 281 g/mol. The van der Waals surface area contributed by atoms with Gasteiger partial charge in [0.15, 0.2) is 0 Å². The first-order valence-corrected chi connectivity index (χ1v) is 8.33. The molecule has 1 N–H and O–H groups in total. The van der Waals surface area contributed by atoms with Crippen LogP contribution >= 0.6 is 0 Å². The Balaban J connectivity index is 2.80. The Morgan fingerprint density at radius 3 is 2.30 bits per heavy atom. The largest absolute Gasteiger partial charge is 0.395 e. The molecule has 0 aromatic heterocycles. The molecular formula is C14H22FNO3S. The number of nitrogens with zero attached hydrogens (tertiary/aromatic N) is 1. The van der Waals surface area contributed by atoms with Gasteiger partial charge in [0.1, 0.15) is 5.82 Å². The van der Waals surface area contributed by atoms with Gasteiger partial charge >= 0.3 is 0 Å². The molecule has 1 aromatic carbocycles. The van der Waals surface area contributed by atoms with Crippen LogP contribution in [0.5, 0.6) is 0 Å². The zero-order chi connectivity index (χ0) is 15.0. The molecule has 1 rings (SSSR count). The minimum Gasteiger partial charge on any atom is -0.395 e. The van der Waals surface area contributed by atoms with Gasteiger partial charge in [-0.05, 0) is 30.7 Å². The molecule has 0 bridgehead atoms. The molecule has 0 unspecified atom stereocenters. The molecule has 0 radical (unpaired) electrons. The van der Waals surface area contributed by atoms with Gasteiger partial charge in [0.25, 0.3) is 0 Å². The third kappa shape index (κ3) is 4.85. The lowest BCUT2D eigenvalue weighted by Gasteiger charge is -2.21. The van der Waals surface area contributed by atoms with Crippen molar-refractivity contribution in [1.29, 1.82) is 0 Å². The Kier molecular flexibility index (Phi) is 7.12. The first kappa shape index (κ1) is 17.1. The summed E-state index contributed by atoms with van der Waals surface area (Å²) in [5.74, 6) is -0.472. The molecule has 20 heavy (non-hydrogen) atoms. The lowest BCUT2D eigenvalue weighted by atomic mass is 10.2. The van der Waals surface area contributed by atoms with Crippen LogP contribution in [0.3, 0.4) is 0 Å². The highest BCUT2D eigenvalue weighted by Gasteiger charge is 2.23. The molecule has 6 heteroatoms. The Hall–Kier alpha value is -0.980. The lowest BCUT2D eigenvalue weighted by molar-refractivity contribution is 0.251. The van der Waals surface area contributed by atoms with Crippen LogP contribution < -0.4 is 0 Å². The van der Waals surface area contributed by atoms with Crippen LogP contribution in [0.4, 0.5) is 4.39 Å². The van der Waals surface area contributed by atoms with Crippen LogP contribution in [0.15, 0.2) is 29.2 Å². The molecule has 0 heterocycles. The van der Waals surface area contributed by atoms with E-state index in [2.05, 4.69) is 6.92 Å². The molecule has 0 atom stereocenters. The van der Waals surface area contributed by atoms with E-state index in [-0.39, 0.29) is 18.0 Å². The zero-order valence-corrected chi connectivity index (χ0v) is 12.6. The summed E-state index contributed by atoms with van der Waals surface area (Å²) >= 11 is 0. The van der Waals surface area contributed by atoms with Crippen molar-refractivity contribution in [2.24, 2.45) is 0 Å². The molecule has 0 aliphatic rings. The van der Waals surface area contributed by atoms with Crippen molar-refractivity contribution in [1.82, 2.24) is 4.31 Å². The van der Waals surface area contributed by atoms with Crippen LogP contribution in [-0.4, -0.2) is 37.5 Å². The van der Waals surface area contributed by atoms with Crippen molar-refractivity contribution in [2.75, 3.05) is 19.7 Å². The summed E-state index contributed by atoms with van der Waals surface area (Å²) in [7, 11) is -3.66. The van der Waals surface area contributed by atoms with Gasteiger partial charge in [-0.3, -0.25) is 0 Å². The van der Waals surface area contributed by atoms with Crippen LogP contribution in [-0.2, 0) is 10.0 Å². The zero-order valence-electron chi connectivity index (χ0n) is 11.8. The van der Waals surface area contributed by atoms with E-state index in [0.717, 1.165) is 37.8 Å². The van der Waals surface area contributed by atoms with E-state index in [4.69, 9.17) is 5.11 Å². The second kappa shape index (κ2) is 8.34. The SMILES string of the molecule is CCCCCCN(CCO)S(=O)(=O)c1ccc(F)cc1. The van der Waals surface area contributed by atoms with E-state index in [1.807, 2.05) is 0 Å². The maximum Gasteiger partial charge on any atom is 0.243 e. The molecule has 0 saturated carbocycles. The van der Waals surface area contributed by atoms with Gasteiger partial charge in [-0.25, -0.2) is 12.8 Å². The predicted molar refractivity (Wildman–Crippen MR) is 76.4 cm³/mol. The second-order valence-corrected chi connectivity index (χ2v) is 6.58. The van der Waals surface area contributed by atoms with Gasteiger partial charge in [-0.1, -0.05) is 26.2 Å². The summed E-state index contributed by atoms with van der Waals surface area (Å²) in [5.41, 5.74) is 0. The second-order valence-electron chi connectivity index (χ2n) is 4.64. The standard InChI is InChI=1S/C14H22FNO3S/c1-2-3-4-5-10-16(11-12-17)20(18,19)14-8-6-13(15)7-9-14/h6-9,17H,2-5,10-12H2,1H3. The van der Waals surface area contributed by atoms with E-state index in [9.17, 15) is 12.8 Å². The smallest absolute Gasteiger partial charge is 0.243 e.